The molecule has 0 spiro atoms. The van der Waals surface area contributed by atoms with Gasteiger partial charge in [-0.15, -0.1) is 0 Å². The fourth-order valence-electron chi connectivity index (χ4n) is 3.07. The van der Waals surface area contributed by atoms with Crippen molar-refractivity contribution in [2.24, 2.45) is 11.7 Å². The molecular formula is C16H23N3O3. The topological polar surface area (TPSA) is 84.7 Å². The summed E-state index contributed by atoms with van der Waals surface area (Å²) in [4.78, 5) is 24.8. The van der Waals surface area contributed by atoms with Gasteiger partial charge in [-0.25, -0.2) is 4.79 Å². The van der Waals surface area contributed by atoms with Crippen molar-refractivity contribution in [3.05, 3.63) is 29.8 Å². The van der Waals surface area contributed by atoms with E-state index in [0.29, 0.717) is 5.92 Å². The van der Waals surface area contributed by atoms with Gasteiger partial charge in [-0.2, -0.15) is 0 Å². The number of nitrogens with two attached hydrogens (primary N) is 1. The highest BCUT2D eigenvalue weighted by molar-refractivity contribution is 5.94. The van der Waals surface area contributed by atoms with Crippen molar-refractivity contribution in [2.45, 2.75) is 25.8 Å². The zero-order chi connectivity index (χ0) is 16.1. The minimum absolute atomic E-state index is 0.103. The van der Waals surface area contributed by atoms with Gasteiger partial charge in [0.05, 0.1) is 13.7 Å². The number of methoxy groups -OCH3 is 1. The molecule has 0 aliphatic carbocycles. The summed E-state index contributed by atoms with van der Waals surface area (Å²) >= 11 is 0. The number of imide groups is 1. The molecule has 0 aromatic heterocycles. The van der Waals surface area contributed by atoms with E-state index in [4.69, 9.17) is 10.5 Å². The second kappa shape index (κ2) is 7.26. The number of nitrogens with zero attached hydrogens (tertiary/aromatic N) is 1. The molecule has 1 aliphatic heterocycles. The predicted molar refractivity (Wildman–Crippen MR) is 83.4 cm³/mol. The summed E-state index contributed by atoms with van der Waals surface area (Å²) in [7, 11) is 1.65. The highest BCUT2D eigenvalue weighted by atomic mass is 16.5. The maximum atomic E-state index is 11.9. The number of hydrogen-bond acceptors (Lipinski definition) is 4. The molecule has 22 heavy (non-hydrogen) atoms. The van der Waals surface area contributed by atoms with Crippen LogP contribution in [0.15, 0.2) is 24.3 Å². The Kier molecular flexibility index (Phi) is 5.38. The average molecular weight is 305 g/mol. The maximum Gasteiger partial charge on any atom is 0.318 e. The van der Waals surface area contributed by atoms with Crippen LogP contribution in [0, 0.1) is 5.92 Å². The van der Waals surface area contributed by atoms with Gasteiger partial charge in [0.15, 0.2) is 0 Å². The lowest BCUT2D eigenvalue weighted by Gasteiger charge is -2.38. The lowest BCUT2D eigenvalue weighted by molar-refractivity contribution is -0.122. The van der Waals surface area contributed by atoms with Crippen LogP contribution in [0.3, 0.4) is 0 Å². The molecule has 2 rings (SSSR count). The van der Waals surface area contributed by atoms with E-state index in [-0.39, 0.29) is 18.5 Å². The van der Waals surface area contributed by atoms with Crippen molar-refractivity contribution < 1.29 is 14.3 Å². The van der Waals surface area contributed by atoms with E-state index in [0.717, 1.165) is 30.7 Å². The minimum atomic E-state index is -0.816. The number of urea groups is 1. The molecule has 0 bridgehead atoms. The summed E-state index contributed by atoms with van der Waals surface area (Å²) in [6.45, 7) is 3.11. The molecule has 1 heterocycles. The van der Waals surface area contributed by atoms with Crippen molar-refractivity contribution >= 4 is 11.9 Å². The molecule has 6 nitrogen and oxygen atoms in total. The first kappa shape index (κ1) is 16.3. The summed E-state index contributed by atoms with van der Waals surface area (Å²) in [6.07, 6.45) is 2.04. The van der Waals surface area contributed by atoms with Gasteiger partial charge in [-0.05, 0) is 24.8 Å². The van der Waals surface area contributed by atoms with E-state index in [1.807, 2.05) is 24.3 Å². The molecule has 3 amide bonds. The minimum Gasteiger partial charge on any atom is -0.496 e. The number of primary amides is 1. The van der Waals surface area contributed by atoms with Crippen LogP contribution in [0.1, 0.15) is 31.4 Å². The third-order valence-corrected chi connectivity index (χ3v) is 4.03. The summed E-state index contributed by atoms with van der Waals surface area (Å²) in [5.74, 6) is 0.955. The van der Waals surface area contributed by atoms with Crippen LogP contribution in [0.5, 0.6) is 5.75 Å². The van der Waals surface area contributed by atoms with Crippen molar-refractivity contribution in [1.29, 1.82) is 0 Å². The number of rotatable bonds is 4. The van der Waals surface area contributed by atoms with Gasteiger partial charge in [-0.1, -0.05) is 25.1 Å². The molecular weight excluding hydrogens is 282 g/mol. The van der Waals surface area contributed by atoms with Gasteiger partial charge in [0.1, 0.15) is 5.75 Å². The van der Waals surface area contributed by atoms with Crippen LogP contribution >= 0.6 is 0 Å². The molecule has 3 N–H and O–H groups in total. The monoisotopic (exact) mass is 305 g/mol. The summed E-state index contributed by atoms with van der Waals surface area (Å²) < 4.78 is 5.44. The Hall–Kier alpha value is -2.08. The van der Waals surface area contributed by atoms with Crippen LogP contribution in [0.4, 0.5) is 4.79 Å². The summed E-state index contributed by atoms with van der Waals surface area (Å²) in [5.41, 5.74) is 6.08. The largest absolute Gasteiger partial charge is 0.496 e. The smallest absolute Gasteiger partial charge is 0.318 e. The third-order valence-electron chi connectivity index (χ3n) is 4.03. The Bertz CT molecular complexity index is 547. The van der Waals surface area contributed by atoms with E-state index < -0.39 is 6.03 Å². The number of hydrogen-bond donors (Lipinski definition) is 2. The van der Waals surface area contributed by atoms with Crippen molar-refractivity contribution in [3.8, 4) is 5.75 Å². The number of amides is 3. The quantitative estimate of drug-likeness (QED) is 0.886. The van der Waals surface area contributed by atoms with Gasteiger partial charge < -0.3 is 10.5 Å². The maximum absolute atomic E-state index is 11.9. The second-order valence-electron chi connectivity index (χ2n) is 5.78. The molecule has 1 saturated heterocycles. The highest BCUT2D eigenvalue weighted by Crippen LogP contribution is 2.37. The molecule has 1 aromatic carbocycles. The Morgan fingerprint density at radius 1 is 1.36 bits per heavy atom. The van der Waals surface area contributed by atoms with Crippen LogP contribution in [0.2, 0.25) is 0 Å². The van der Waals surface area contributed by atoms with Crippen LogP contribution in [-0.4, -0.2) is 37.0 Å². The van der Waals surface area contributed by atoms with Gasteiger partial charge in [0, 0.05) is 18.2 Å². The second-order valence-corrected chi connectivity index (χ2v) is 5.78. The third kappa shape index (κ3) is 3.98. The molecule has 120 valence electrons. The Morgan fingerprint density at radius 2 is 2.09 bits per heavy atom. The Morgan fingerprint density at radius 3 is 2.77 bits per heavy atom. The highest BCUT2D eigenvalue weighted by Gasteiger charge is 2.30. The van der Waals surface area contributed by atoms with E-state index in [2.05, 4.69) is 17.1 Å². The van der Waals surface area contributed by atoms with Crippen molar-refractivity contribution in [2.75, 3.05) is 20.2 Å². The zero-order valence-electron chi connectivity index (χ0n) is 13.0. The zero-order valence-corrected chi connectivity index (χ0v) is 13.0. The number of likely N-dealkylation sites (tertiary alicyclic amines) is 1. The van der Waals surface area contributed by atoms with Gasteiger partial charge in [0.25, 0.3) is 0 Å². The first-order valence-corrected chi connectivity index (χ1v) is 7.47. The molecule has 1 fully saturated rings. The van der Waals surface area contributed by atoms with Crippen LogP contribution < -0.4 is 15.8 Å². The molecule has 1 aliphatic rings. The first-order chi connectivity index (χ1) is 10.5. The number of para-hydroxylation sites is 1. The van der Waals surface area contributed by atoms with Gasteiger partial charge >= 0.3 is 6.03 Å². The predicted octanol–water partition coefficient (Wildman–Crippen LogP) is 1.66. The lowest BCUT2D eigenvalue weighted by atomic mass is 9.89. The normalized spacial score (nSPS) is 22.1. The van der Waals surface area contributed by atoms with E-state index in [1.54, 1.807) is 7.11 Å². The number of nitrogens with one attached hydrogen (secondary N) is 1. The average Bonchev–Trinajstić information content (AvgIpc) is 2.46. The fraction of sp³-hybridized carbons (Fsp3) is 0.500. The molecule has 0 unspecified atom stereocenters. The molecule has 6 heteroatoms. The number of carbonyl (C=O) groups is 2. The molecule has 1 aromatic rings. The van der Waals surface area contributed by atoms with Crippen molar-refractivity contribution in [3.63, 3.8) is 0 Å². The SMILES string of the molecule is COc1ccccc1[C@@H]1CC[C@@H](C)CN1CC(=O)NC(N)=O. The van der Waals surface area contributed by atoms with Gasteiger partial charge in [-0.3, -0.25) is 15.0 Å². The molecule has 0 saturated carbocycles. The molecule has 2 atom stereocenters. The number of carbonyl (C=O) groups excluding carboxylic acids is 2. The summed E-state index contributed by atoms with van der Waals surface area (Å²) in [5, 5.41) is 2.13. The van der Waals surface area contributed by atoms with E-state index in [1.165, 1.54) is 0 Å². The fourth-order valence-corrected chi connectivity index (χ4v) is 3.07. The standard InChI is InChI=1S/C16H23N3O3/c1-11-7-8-13(12-5-3-4-6-14(12)22-2)19(9-11)10-15(20)18-16(17)21/h3-6,11,13H,7-10H2,1-2H3,(H3,17,18,20,21)/t11-,13+/m1/s1. The van der Waals surface area contributed by atoms with Gasteiger partial charge in [0.2, 0.25) is 5.91 Å². The summed E-state index contributed by atoms with van der Waals surface area (Å²) in [6, 6.07) is 7.14. The Balaban J connectivity index is 2.19. The van der Waals surface area contributed by atoms with Crippen molar-refractivity contribution in [1.82, 2.24) is 10.2 Å². The van der Waals surface area contributed by atoms with E-state index >= 15 is 0 Å². The van der Waals surface area contributed by atoms with Crippen LogP contribution in [0.25, 0.3) is 0 Å². The molecule has 0 radical (unpaired) electrons. The number of ether oxygens (including phenoxy) is 1. The number of benzene rings is 1. The Labute approximate surface area is 130 Å². The first-order valence-electron chi connectivity index (χ1n) is 7.47. The van der Waals surface area contributed by atoms with E-state index in [9.17, 15) is 9.59 Å². The van der Waals surface area contributed by atoms with Crippen LogP contribution in [-0.2, 0) is 4.79 Å². The number of piperidine rings is 1. The lowest BCUT2D eigenvalue weighted by Crippen LogP contribution is -2.46.